The van der Waals surface area contributed by atoms with Crippen LogP contribution in [0.2, 0.25) is 0 Å². The summed E-state index contributed by atoms with van der Waals surface area (Å²) in [7, 11) is 0. The number of hydrogen-bond acceptors (Lipinski definition) is 3. The van der Waals surface area contributed by atoms with Gasteiger partial charge in [-0.25, -0.2) is 4.39 Å². The monoisotopic (exact) mass is 374 g/mol. The van der Waals surface area contributed by atoms with Gasteiger partial charge < -0.3 is 15.3 Å². The molecule has 2 heterocycles. The number of halogens is 4. The molecule has 3 unspecified atom stereocenters. The Bertz CT molecular complexity index is 722. The number of phenolic OH excluding ortho intramolecular Hbond substituents is 1. The summed E-state index contributed by atoms with van der Waals surface area (Å²) in [5.41, 5.74) is 0.227. The highest BCUT2D eigenvalue weighted by Gasteiger charge is 2.53. The Kier molecular flexibility index (Phi) is 4.81. The molecular weight excluding hydrogens is 356 g/mol. The van der Waals surface area contributed by atoms with Crippen LogP contribution in [-0.2, 0) is 9.59 Å². The molecule has 0 saturated carbocycles. The van der Waals surface area contributed by atoms with Gasteiger partial charge in [0, 0.05) is 25.4 Å². The molecule has 9 heteroatoms. The van der Waals surface area contributed by atoms with E-state index in [0.29, 0.717) is 12.8 Å². The lowest BCUT2D eigenvalue weighted by molar-refractivity contribution is -0.182. The van der Waals surface area contributed by atoms with Gasteiger partial charge in [-0.15, -0.1) is 0 Å². The first-order valence-corrected chi connectivity index (χ1v) is 8.30. The van der Waals surface area contributed by atoms with E-state index in [2.05, 4.69) is 5.32 Å². The Hall–Kier alpha value is -2.32. The summed E-state index contributed by atoms with van der Waals surface area (Å²) in [5.74, 6) is -5.39. The maximum absolute atomic E-state index is 14.1. The number of aromatic hydroxyl groups is 1. The Morgan fingerprint density at radius 2 is 2.04 bits per heavy atom. The van der Waals surface area contributed by atoms with E-state index in [4.69, 9.17) is 0 Å². The fourth-order valence-corrected chi connectivity index (χ4v) is 3.67. The van der Waals surface area contributed by atoms with Crippen LogP contribution in [0.4, 0.5) is 17.6 Å². The van der Waals surface area contributed by atoms with Crippen LogP contribution in [0, 0.1) is 11.7 Å². The topological polar surface area (TPSA) is 69.6 Å². The van der Waals surface area contributed by atoms with Crippen LogP contribution in [0.3, 0.4) is 0 Å². The van der Waals surface area contributed by atoms with Crippen molar-refractivity contribution in [2.24, 2.45) is 5.92 Å². The molecule has 2 saturated heterocycles. The van der Waals surface area contributed by atoms with Crippen molar-refractivity contribution in [1.82, 2.24) is 10.2 Å². The molecule has 1 aromatic rings. The first kappa shape index (κ1) is 18.5. The molecule has 0 aliphatic carbocycles. The second-order valence-electron chi connectivity index (χ2n) is 6.70. The zero-order valence-electron chi connectivity index (χ0n) is 13.7. The third kappa shape index (κ3) is 3.47. The number of carbonyl (C=O) groups excluding carboxylic acids is 2. The molecule has 3 rings (SSSR count). The van der Waals surface area contributed by atoms with Crippen LogP contribution in [-0.4, -0.2) is 47.1 Å². The molecule has 2 N–H and O–H groups in total. The highest BCUT2D eigenvalue weighted by molar-refractivity contribution is 5.91. The standard InChI is InChI=1S/C17H18F4N2O3/c18-14-10(4-1-5-12(14)24)9-3-2-6-23(8-9)16(26)15-11(17(19,20)21)7-13(25)22-15/h1,4-5,9,11,15,24H,2-3,6-8H2,(H,22,25). The van der Waals surface area contributed by atoms with Crippen molar-refractivity contribution < 1.29 is 32.3 Å². The minimum atomic E-state index is -4.66. The lowest BCUT2D eigenvalue weighted by atomic mass is 9.89. The average Bonchev–Trinajstić information content (AvgIpc) is 2.99. The lowest BCUT2D eigenvalue weighted by Gasteiger charge is -2.35. The minimum absolute atomic E-state index is 0.0379. The number of nitrogens with one attached hydrogen (secondary N) is 1. The van der Waals surface area contributed by atoms with E-state index < -0.39 is 53.9 Å². The average molecular weight is 374 g/mol. The summed E-state index contributed by atoms with van der Waals surface area (Å²) in [5, 5.41) is 11.6. The van der Waals surface area contributed by atoms with Gasteiger partial charge in [0.25, 0.3) is 0 Å². The number of phenols is 1. The van der Waals surface area contributed by atoms with Crippen molar-refractivity contribution in [2.75, 3.05) is 13.1 Å². The number of nitrogens with zero attached hydrogens (tertiary/aromatic N) is 1. The molecule has 3 atom stereocenters. The molecule has 2 amide bonds. The Balaban J connectivity index is 1.78. The van der Waals surface area contributed by atoms with Gasteiger partial charge in [0.1, 0.15) is 6.04 Å². The van der Waals surface area contributed by atoms with Crippen molar-refractivity contribution in [1.29, 1.82) is 0 Å². The Morgan fingerprint density at radius 3 is 2.73 bits per heavy atom. The van der Waals surface area contributed by atoms with Crippen LogP contribution < -0.4 is 5.32 Å². The first-order chi connectivity index (χ1) is 12.2. The summed E-state index contributed by atoms with van der Waals surface area (Å²) in [6.07, 6.45) is -4.39. The van der Waals surface area contributed by atoms with E-state index in [9.17, 15) is 32.3 Å². The van der Waals surface area contributed by atoms with E-state index >= 15 is 0 Å². The predicted molar refractivity (Wildman–Crippen MR) is 82.7 cm³/mol. The Labute approximate surface area is 147 Å². The number of rotatable bonds is 2. The highest BCUT2D eigenvalue weighted by Crippen LogP contribution is 2.37. The zero-order valence-corrected chi connectivity index (χ0v) is 13.7. The van der Waals surface area contributed by atoms with Crippen LogP contribution >= 0.6 is 0 Å². The number of alkyl halides is 3. The van der Waals surface area contributed by atoms with E-state index in [1.54, 1.807) is 0 Å². The SMILES string of the molecule is O=C1CC(C(F)(F)F)C(C(=O)N2CCCC(c3cccc(O)c3F)C2)N1. The number of piperidine rings is 1. The molecule has 0 radical (unpaired) electrons. The van der Waals surface area contributed by atoms with Gasteiger partial charge in [-0.1, -0.05) is 12.1 Å². The number of benzene rings is 1. The molecule has 1 aromatic carbocycles. The third-order valence-corrected chi connectivity index (χ3v) is 4.99. The number of likely N-dealkylation sites (tertiary alicyclic amines) is 1. The largest absolute Gasteiger partial charge is 0.505 e. The summed E-state index contributed by atoms with van der Waals surface area (Å²) in [4.78, 5) is 25.2. The predicted octanol–water partition coefficient (Wildman–Crippen LogP) is 2.30. The van der Waals surface area contributed by atoms with Crippen LogP contribution in [0.5, 0.6) is 5.75 Å². The molecule has 0 bridgehead atoms. The fourth-order valence-electron chi connectivity index (χ4n) is 3.67. The van der Waals surface area contributed by atoms with Gasteiger partial charge in [0.05, 0.1) is 5.92 Å². The van der Waals surface area contributed by atoms with Crippen molar-refractivity contribution in [3.63, 3.8) is 0 Å². The van der Waals surface area contributed by atoms with Gasteiger partial charge in [-0.05, 0) is 24.5 Å². The second kappa shape index (κ2) is 6.77. The molecule has 2 aliphatic heterocycles. The van der Waals surface area contributed by atoms with Gasteiger partial charge in [-0.3, -0.25) is 9.59 Å². The number of amides is 2. The molecule has 26 heavy (non-hydrogen) atoms. The van der Waals surface area contributed by atoms with Crippen molar-refractivity contribution in [3.05, 3.63) is 29.6 Å². The summed E-state index contributed by atoms with van der Waals surface area (Å²) in [6.45, 7) is 0.281. The molecule has 0 aromatic heterocycles. The molecular formula is C17H18F4N2O3. The summed E-state index contributed by atoms with van der Waals surface area (Å²) in [6, 6.07) is 2.52. The quantitative estimate of drug-likeness (QED) is 0.781. The summed E-state index contributed by atoms with van der Waals surface area (Å²) >= 11 is 0. The van der Waals surface area contributed by atoms with E-state index in [-0.39, 0.29) is 18.7 Å². The van der Waals surface area contributed by atoms with E-state index in [1.807, 2.05) is 0 Å². The normalized spacial score (nSPS) is 26.7. The van der Waals surface area contributed by atoms with Crippen LogP contribution in [0.25, 0.3) is 0 Å². The maximum Gasteiger partial charge on any atom is 0.394 e. The zero-order chi connectivity index (χ0) is 19.1. The van der Waals surface area contributed by atoms with Gasteiger partial charge >= 0.3 is 6.18 Å². The van der Waals surface area contributed by atoms with Gasteiger partial charge in [-0.2, -0.15) is 13.2 Å². The van der Waals surface area contributed by atoms with E-state index in [1.165, 1.54) is 23.1 Å². The van der Waals surface area contributed by atoms with Crippen molar-refractivity contribution >= 4 is 11.8 Å². The third-order valence-electron chi connectivity index (χ3n) is 4.99. The first-order valence-electron chi connectivity index (χ1n) is 8.30. The minimum Gasteiger partial charge on any atom is -0.505 e. The van der Waals surface area contributed by atoms with Crippen LogP contribution in [0.1, 0.15) is 30.7 Å². The lowest BCUT2D eigenvalue weighted by Crippen LogP contribution is -2.52. The van der Waals surface area contributed by atoms with Gasteiger partial charge in [0.15, 0.2) is 11.6 Å². The smallest absolute Gasteiger partial charge is 0.394 e. The van der Waals surface area contributed by atoms with Crippen molar-refractivity contribution in [2.45, 2.75) is 37.4 Å². The number of hydrogen-bond donors (Lipinski definition) is 2. The molecule has 142 valence electrons. The highest BCUT2D eigenvalue weighted by atomic mass is 19.4. The van der Waals surface area contributed by atoms with Crippen molar-refractivity contribution in [3.8, 4) is 5.75 Å². The van der Waals surface area contributed by atoms with Crippen LogP contribution in [0.15, 0.2) is 18.2 Å². The molecule has 5 nitrogen and oxygen atoms in total. The molecule has 0 spiro atoms. The Morgan fingerprint density at radius 1 is 1.31 bits per heavy atom. The second-order valence-corrected chi connectivity index (χ2v) is 6.70. The van der Waals surface area contributed by atoms with Gasteiger partial charge in [0.2, 0.25) is 11.8 Å². The van der Waals surface area contributed by atoms with E-state index in [0.717, 1.165) is 0 Å². The molecule has 2 fully saturated rings. The fraction of sp³-hybridized carbons (Fsp3) is 0.529. The number of carbonyl (C=O) groups is 2. The summed E-state index contributed by atoms with van der Waals surface area (Å²) < 4.78 is 53.5. The molecule has 2 aliphatic rings. The maximum atomic E-state index is 14.1.